The molecular weight excluding hydrogens is 289 g/mol. The molecule has 0 spiro atoms. The molecule has 1 N–H and O–H groups in total. The topological polar surface area (TPSA) is 32.9 Å². The maximum atomic E-state index is 14.0. The summed E-state index contributed by atoms with van der Waals surface area (Å²) in [6.45, 7) is 2.08. The van der Waals surface area contributed by atoms with E-state index in [9.17, 15) is 9.18 Å². The van der Waals surface area contributed by atoms with Gasteiger partial charge in [0.15, 0.2) is 6.29 Å². The van der Waals surface area contributed by atoms with Crippen molar-refractivity contribution >= 4 is 28.8 Å². The fraction of sp³-hybridized carbons (Fsp3) is 0.118. The molecule has 0 aliphatic carbocycles. The quantitative estimate of drug-likeness (QED) is 0.678. The Kier molecular flexibility index (Phi) is 3.52. The zero-order valence-corrected chi connectivity index (χ0v) is 12.2. The highest BCUT2D eigenvalue weighted by Crippen LogP contribution is 2.32. The predicted octanol–water partition coefficient (Wildman–Crippen LogP) is 5.00. The molecule has 0 aliphatic heterocycles. The third-order valence-electron chi connectivity index (χ3n) is 3.63. The molecule has 0 radical (unpaired) electrons. The Morgan fingerprint density at radius 3 is 2.57 bits per heavy atom. The first-order valence-electron chi connectivity index (χ1n) is 6.69. The summed E-state index contributed by atoms with van der Waals surface area (Å²) in [7, 11) is 0. The maximum Gasteiger partial charge on any atom is 0.152 e. The van der Waals surface area contributed by atoms with Gasteiger partial charge in [0.2, 0.25) is 0 Å². The molecule has 0 saturated heterocycles. The molecule has 2 nitrogen and oxygen atoms in total. The van der Waals surface area contributed by atoms with Crippen LogP contribution < -0.4 is 0 Å². The molecule has 0 atom stereocenters. The highest BCUT2D eigenvalue weighted by molar-refractivity contribution is 6.31. The van der Waals surface area contributed by atoms with Crippen molar-refractivity contribution in [3.05, 3.63) is 58.4 Å². The van der Waals surface area contributed by atoms with E-state index >= 15 is 0 Å². The van der Waals surface area contributed by atoms with Gasteiger partial charge in [-0.2, -0.15) is 0 Å². The second-order valence-electron chi connectivity index (χ2n) is 4.89. The Bertz CT molecular complexity index is 821. The van der Waals surface area contributed by atoms with Crippen LogP contribution in [-0.4, -0.2) is 11.3 Å². The van der Waals surface area contributed by atoms with Crippen molar-refractivity contribution in [2.24, 2.45) is 0 Å². The third kappa shape index (κ3) is 2.34. The second-order valence-corrected chi connectivity index (χ2v) is 5.33. The van der Waals surface area contributed by atoms with Crippen LogP contribution in [-0.2, 0) is 6.42 Å². The zero-order chi connectivity index (χ0) is 15.0. The minimum Gasteiger partial charge on any atom is -0.352 e. The molecule has 4 heteroatoms. The number of fused-ring (bicyclic) bond motifs is 1. The summed E-state index contributed by atoms with van der Waals surface area (Å²) in [6.07, 6.45) is 1.68. The van der Waals surface area contributed by atoms with E-state index in [1.165, 1.54) is 11.6 Å². The Balaban J connectivity index is 2.26. The fourth-order valence-electron chi connectivity index (χ4n) is 2.50. The van der Waals surface area contributed by atoms with Gasteiger partial charge in [-0.25, -0.2) is 4.39 Å². The van der Waals surface area contributed by atoms with Gasteiger partial charge < -0.3 is 4.98 Å². The number of aldehydes is 1. The standard InChI is InChI=1S/C17H13ClFNO/c1-2-10-3-5-11(6-4-10)16-14(9-21)13-7-12(18)8-15(19)17(13)20-16/h3-9,20H,2H2,1H3. The van der Waals surface area contributed by atoms with E-state index < -0.39 is 5.82 Å². The number of rotatable bonds is 3. The van der Waals surface area contributed by atoms with Crippen LogP contribution in [0.2, 0.25) is 5.02 Å². The van der Waals surface area contributed by atoms with Gasteiger partial charge >= 0.3 is 0 Å². The third-order valence-corrected chi connectivity index (χ3v) is 3.85. The average molecular weight is 302 g/mol. The number of carbonyl (C=O) groups is 1. The van der Waals surface area contributed by atoms with Gasteiger partial charge in [-0.15, -0.1) is 0 Å². The molecule has 106 valence electrons. The van der Waals surface area contributed by atoms with Crippen molar-refractivity contribution in [3.63, 3.8) is 0 Å². The van der Waals surface area contributed by atoms with Crippen LogP contribution in [0.3, 0.4) is 0 Å². The van der Waals surface area contributed by atoms with E-state index in [2.05, 4.69) is 11.9 Å². The molecule has 3 aromatic rings. The second kappa shape index (κ2) is 5.34. The van der Waals surface area contributed by atoms with Gasteiger partial charge in [0.25, 0.3) is 0 Å². The lowest BCUT2D eigenvalue weighted by molar-refractivity contribution is 0.112. The number of halogens is 2. The number of hydrogen-bond acceptors (Lipinski definition) is 1. The minimum absolute atomic E-state index is 0.273. The van der Waals surface area contributed by atoms with Gasteiger partial charge in [-0.05, 0) is 29.7 Å². The molecule has 3 rings (SSSR count). The molecule has 1 aromatic heterocycles. The van der Waals surface area contributed by atoms with Crippen LogP contribution in [0.15, 0.2) is 36.4 Å². The Hall–Kier alpha value is -2.13. The van der Waals surface area contributed by atoms with Crippen LogP contribution in [0, 0.1) is 5.82 Å². The zero-order valence-electron chi connectivity index (χ0n) is 11.4. The monoisotopic (exact) mass is 301 g/mol. The molecule has 0 aliphatic rings. The van der Waals surface area contributed by atoms with Gasteiger partial charge in [-0.1, -0.05) is 42.8 Å². The predicted molar refractivity (Wildman–Crippen MR) is 83.5 cm³/mol. The van der Waals surface area contributed by atoms with Crippen LogP contribution >= 0.6 is 11.6 Å². The number of aromatic nitrogens is 1. The summed E-state index contributed by atoms with van der Waals surface area (Å²) in [6, 6.07) is 10.7. The SMILES string of the molecule is CCc1ccc(-c2[nH]c3c(F)cc(Cl)cc3c2C=O)cc1. The number of benzene rings is 2. The summed E-state index contributed by atoms with van der Waals surface area (Å²) >= 11 is 5.88. The lowest BCUT2D eigenvalue weighted by Crippen LogP contribution is -1.86. The van der Waals surface area contributed by atoms with Gasteiger partial charge in [-0.3, -0.25) is 4.79 Å². The fourth-order valence-corrected chi connectivity index (χ4v) is 2.70. The van der Waals surface area contributed by atoms with E-state index in [0.717, 1.165) is 18.3 Å². The van der Waals surface area contributed by atoms with Gasteiger partial charge in [0.1, 0.15) is 5.82 Å². The van der Waals surface area contributed by atoms with Crippen LogP contribution in [0.4, 0.5) is 4.39 Å². The lowest BCUT2D eigenvalue weighted by atomic mass is 10.0. The molecule has 2 aromatic carbocycles. The van der Waals surface area contributed by atoms with Gasteiger partial charge in [0, 0.05) is 16.0 Å². The number of H-pyrrole nitrogens is 1. The Morgan fingerprint density at radius 2 is 1.95 bits per heavy atom. The number of nitrogens with one attached hydrogen (secondary N) is 1. The van der Waals surface area contributed by atoms with Crippen molar-refractivity contribution < 1.29 is 9.18 Å². The molecule has 0 fully saturated rings. The van der Waals surface area contributed by atoms with Crippen molar-refractivity contribution in [3.8, 4) is 11.3 Å². The van der Waals surface area contributed by atoms with Crippen LogP contribution in [0.1, 0.15) is 22.8 Å². The number of hydrogen-bond donors (Lipinski definition) is 1. The minimum atomic E-state index is -0.461. The summed E-state index contributed by atoms with van der Waals surface area (Å²) in [4.78, 5) is 14.4. The largest absolute Gasteiger partial charge is 0.352 e. The van der Waals surface area contributed by atoms with Crippen molar-refractivity contribution in [1.29, 1.82) is 0 Å². The molecule has 0 bridgehead atoms. The summed E-state index contributed by atoms with van der Waals surface area (Å²) < 4.78 is 14.0. The van der Waals surface area contributed by atoms with E-state index in [-0.39, 0.29) is 5.02 Å². The first-order chi connectivity index (χ1) is 10.1. The number of aromatic amines is 1. The van der Waals surface area contributed by atoms with Crippen molar-refractivity contribution in [2.45, 2.75) is 13.3 Å². The number of carbonyl (C=O) groups excluding carboxylic acids is 1. The molecule has 21 heavy (non-hydrogen) atoms. The van der Waals surface area contributed by atoms with Crippen molar-refractivity contribution in [2.75, 3.05) is 0 Å². The highest BCUT2D eigenvalue weighted by Gasteiger charge is 2.16. The number of aryl methyl sites for hydroxylation is 1. The Labute approximate surface area is 126 Å². The highest BCUT2D eigenvalue weighted by atomic mass is 35.5. The molecule has 0 unspecified atom stereocenters. The summed E-state index contributed by atoms with van der Waals surface area (Å²) in [5, 5.41) is 0.777. The molecule has 0 saturated carbocycles. The molecular formula is C17H13ClFNO. The Morgan fingerprint density at radius 1 is 1.24 bits per heavy atom. The van der Waals surface area contributed by atoms with Crippen molar-refractivity contribution in [1.82, 2.24) is 4.98 Å². The average Bonchev–Trinajstić information content (AvgIpc) is 2.86. The molecule has 0 amide bonds. The molecule has 1 heterocycles. The first kappa shape index (κ1) is 13.8. The smallest absolute Gasteiger partial charge is 0.152 e. The first-order valence-corrected chi connectivity index (χ1v) is 7.07. The lowest BCUT2D eigenvalue weighted by Gasteiger charge is -2.01. The van der Waals surface area contributed by atoms with Crippen LogP contribution in [0.5, 0.6) is 0 Å². The van der Waals surface area contributed by atoms with E-state index in [4.69, 9.17) is 11.6 Å². The van der Waals surface area contributed by atoms with Crippen LogP contribution in [0.25, 0.3) is 22.2 Å². The van der Waals surface area contributed by atoms with E-state index in [0.29, 0.717) is 22.2 Å². The van der Waals surface area contributed by atoms with E-state index in [1.807, 2.05) is 24.3 Å². The normalized spacial score (nSPS) is 11.0. The maximum absolute atomic E-state index is 14.0. The summed E-state index contributed by atoms with van der Waals surface area (Å²) in [5.41, 5.74) is 3.40. The summed E-state index contributed by atoms with van der Waals surface area (Å²) in [5.74, 6) is -0.461. The van der Waals surface area contributed by atoms with E-state index in [1.54, 1.807) is 6.07 Å². The van der Waals surface area contributed by atoms with Gasteiger partial charge in [0.05, 0.1) is 11.2 Å².